The van der Waals surface area contributed by atoms with E-state index in [2.05, 4.69) is 17.1 Å². The van der Waals surface area contributed by atoms with Crippen LogP contribution in [0.4, 0.5) is 0 Å². The molecule has 0 radical (unpaired) electrons. The van der Waals surface area contributed by atoms with E-state index in [0.29, 0.717) is 0 Å². The fraction of sp³-hybridized carbons (Fsp3) is 1.00. The van der Waals surface area contributed by atoms with Gasteiger partial charge in [0.1, 0.15) is 0 Å². The van der Waals surface area contributed by atoms with E-state index in [-0.39, 0.29) is 5.41 Å². The van der Waals surface area contributed by atoms with Crippen LogP contribution in [-0.4, -0.2) is 78.3 Å². The third-order valence-electron chi connectivity index (χ3n) is 3.93. The van der Waals surface area contributed by atoms with Gasteiger partial charge < -0.3 is 24.4 Å². The SMILES string of the molecule is CCNCC1(CN(CCCOC)CCOC)CCOC1. The first kappa shape index (κ1) is 17.9. The number of rotatable bonds is 12. The van der Waals surface area contributed by atoms with Gasteiger partial charge in [-0.05, 0) is 19.4 Å². The lowest BCUT2D eigenvalue weighted by Gasteiger charge is -2.34. The Bertz CT molecular complexity index is 233. The van der Waals surface area contributed by atoms with E-state index >= 15 is 0 Å². The minimum absolute atomic E-state index is 0.261. The summed E-state index contributed by atoms with van der Waals surface area (Å²) in [5.74, 6) is 0. The molecule has 1 unspecified atom stereocenters. The van der Waals surface area contributed by atoms with Gasteiger partial charge in [0.2, 0.25) is 0 Å². The van der Waals surface area contributed by atoms with Gasteiger partial charge in [0.25, 0.3) is 0 Å². The zero-order chi connectivity index (χ0) is 14.7. The summed E-state index contributed by atoms with van der Waals surface area (Å²) in [7, 11) is 3.53. The van der Waals surface area contributed by atoms with Gasteiger partial charge >= 0.3 is 0 Å². The Labute approximate surface area is 123 Å². The summed E-state index contributed by atoms with van der Waals surface area (Å²) in [5.41, 5.74) is 0.261. The average molecular weight is 288 g/mol. The van der Waals surface area contributed by atoms with Crippen LogP contribution in [0.5, 0.6) is 0 Å². The number of nitrogens with one attached hydrogen (secondary N) is 1. The van der Waals surface area contributed by atoms with Crippen LogP contribution in [0, 0.1) is 5.41 Å². The van der Waals surface area contributed by atoms with E-state index < -0.39 is 0 Å². The quantitative estimate of drug-likeness (QED) is 0.543. The van der Waals surface area contributed by atoms with Crippen LogP contribution >= 0.6 is 0 Å². The molecule has 1 atom stereocenters. The third kappa shape index (κ3) is 6.50. The van der Waals surface area contributed by atoms with Crippen LogP contribution in [0.25, 0.3) is 0 Å². The van der Waals surface area contributed by atoms with Crippen molar-refractivity contribution >= 4 is 0 Å². The summed E-state index contributed by atoms with van der Waals surface area (Å²) in [4.78, 5) is 2.49. The topological polar surface area (TPSA) is 43.0 Å². The molecule has 0 amide bonds. The van der Waals surface area contributed by atoms with Crippen molar-refractivity contribution < 1.29 is 14.2 Å². The first-order valence-electron chi connectivity index (χ1n) is 7.75. The summed E-state index contributed by atoms with van der Waals surface area (Å²) in [6, 6.07) is 0. The summed E-state index contributed by atoms with van der Waals surface area (Å²) in [6.07, 6.45) is 2.21. The fourth-order valence-electron chi connectivity index (χ4n) is 2.76. The minimum atomic E-state index is 0.261. The van der Waals surface area contributed by atoms with Crippen molar-refractivity contribution in [1.82, 2.24) is 10.2 Å². The smallest absolute Gasteiger partial charge is 0.0589 e. The Morgan fingerprint density at radius 2 is 2.00 bits per heavy atom. The molecule has 5 heteroatoms. The van der Waals surface area contributed by atoms with Crippen molar-refractivity contribution in [1.29, 1.82) is 0 Å². The zero-order valence-electron chi connectivity index (χ0n) is 13.5. The molecule has 0 aliphatic carbocycles. The highest BCUT2D eigenvalue weighted by atomic mass is 16.5. The van der Waals surface area contributed by atoms with Gasteiger partial charge in [-0.2, -0.15) is 0 Å². The number of hydrogen-bond donors (Lipinski definition) is 1. The molecule has 1 aliphatic heterocycles. The molecule has 1 fully saturated rings. The van der Waals surface area contributed by atoms with Gasteiger partial charge in [0.05, 0.1) is 13.2 Å². The lowest BCUT2D eigenvalue weighted by molar-refractivity contribution is 0.0805. The molecular formula is C15H32N2O3. The van der Waals surface area contributed by atoms with E-state index in [9.17, 15) is 0 Å². The molecule has 0 bridgehead atoms. The second-order valence-corrected chi connectivity index (χ2v) is 5.70. The number of nitrogens with zero attached hydrogens (tertiary/aromatic N) is 1. The maximum atomic E-state index is 5.67. The summed E-state index contributed by atoms with van der Waals surface area (Å²) >= 11 is 0. The number of methoxy groups -OCH3 is 2. The van der Waals surface area contributed by atoms with E-state index in [4.69, 9.17) is 14.2 Å². The highest BCUT2D eigenvalue weighted by Gasteiger charge is 2.36. The molecule has 0 aromatic carbocycles. The van der Waals surface area contributed by atoms with Gasteiger partial charge in [-0.15, -0.1) is 0 Å². The molecule has 1 N–H and O–H groups in total. The molecule has 0 spiro atoms. The van der Waals surface area contributed by atoms with Crippen LogP contribution in [-0.2, 0) is 14.2 Å². The molecule has 0 saturated carbocycles. The third-order valence-corrected chi connectivity index (χ3v) is 3.93. The van der Waals surface area contributed by atoms with Crippen LogP contribution in [0.2, 0.25) is 0 Å². The van der Waals surface area contributed by atoms with Crippen molar-refractivity contribution in [2.24, 2.45) is 5.41 Å². The first-order valence-corrected chi connectivity index (χ1v) is 7.75. The molecule has 1 saturated heterocycles. The van der Waals surface area contributed by atoms with Crippen molar-refractivity contribution in [2.45, 2.75) is 19.8 Å². The maximum Gasteiger partial charge on any atom is 0.0589 e. The predicted molar refractivity (Wildman–Crippen MR) is 81.2 cm³/mol. The van der Waals surface area contributed by atoms with Gasteiger partial charge in [0.15, 0.2) is 0 Å². The van der Waals surface area contributed by atoms with Gasteiger partial charge in [-0.1, -0.05) is 6.92 Å². The molecule has 20 heavy (non-hydrogen) atoms. The van der Waals surface area contributed by atoms with Gasteiger partial charge in [-0.25, -0.2) is 0 Å². The van der Waals surface area contributed by atoms with Crippen LogP contribution in [0.15, 0.2) is 0 Å². The molecule has 1 aliphatic rings. The van der Waals surface area contributed by atoms with Gasteiger partial charge in [0, 0.05) is 59.0 Å². The highest BCUT2D eigenvalue weighted by molar-refractivity contribution is 4.88. The Morgan fingerprint density at radius 3 is 2.60 bits per heavy atom. The molecule has 0 aromatic rings. The maximum absolute atomic E-state index is 5.67. The number of ether oxygens (including phenoxy) is 3. The van der Waals surface area contributed by atoms with E-state index in [1.165, 1.54) is 0 Å². The molecule has 5 nitrogen and oxygen atoms in total. The van der Waals surface area contributed by atoms with Crippen LogP contribution < -0.4 is 5.32 Å². The van der Waals surface area contributed by atoms with Crippen molar-refractivity contribution in [3.8, 4) is 0 Å². The molecule has 0 aromatic heterocycles. The second kappa shape index (κ2) is 10.5. The predicted octanol–water partition coefficient (Wildman–Crippen LogP) is 0.988. The Hall–Kier alpha value is -0.200. The Morgan fingerprint density at radius 1 is 1.20 bits per heavy atom. The molecule has 1 heterocycles. The van der Waals surface area contributed by atoms with E-state index in [1.54, 1.807) is 14.2 Å². The summed E-state index contributed by atoms with van der Waals surface area (Å²) in [5, 5.41) is 3.50. The first-order chi connectivity index (χ1) is 9.76. The Kier molecular flexibility index (Phi) is 9.39. The minimum Gasteiger partial charge on any atom is -0.385 e. The van der Waals surface area contributed by atoms with Crippen molar-refractivity contribution in [2.75, 3.05) is 73.4 Å². The normalized spacial score (nSPS) is 22.8. The standard InChI is InChI=1S/C15H32N2O3/c1-4-16-12-15(6-10-20-14-15)13-17(8-11-19-3)7-5-9-18-2/h16H,4-14H2,1-3H3. The molecule has 120 valence electrons. The summed E-state index contributed by atoms with van der Waals surface area (Å²) in [6.45, 7) is 10.7. The van der Waals surface area contributed by atoms with Crippen LogP contribution in [0.1, 0.15) is 19.8 Å². The average Bonchev–Trinajstić information content (AvgIpc) is 2.91. The van der Waals surface area contributed by atoms with Crippen molar-refractivity contribution in [3.05, 3.63) is 0 Å². The van der Waals surface area contributed by atoms with Crippen molar-refractivity contribution in [3.63, 3.8) is 0 Å². The zero-order valence-corrected chi connectivity index (χ0v) is 13.5. The monoisotopic (exact) mass is 288 g/mol. The molecule has 1 rings (SSSR count). The highest BCUT2D eigenvalue weighted by Crippen LogP contribution is 2.29. The lowest BCUT2D eigenvalue weighted by Crippen LogP contribution is -2.46. The Balaban J connectivity index is 2.49. The largest absolute Gasteiger partial charge is 0.385 e. The second-order valence-electron chi connectivity index (χ2n) is 5.70. The number of hydrogen-bond acceptors (Lipinski definition) is 5. The van der Waals surface area contributed by atoms with E-state index in [0.717, 1.165) is 72.0 Å². The lowest BCUT2D eigenvalue weighted by atomic mass is 9.86. The molecular weight excluding hydrogens is 256 g/mol. The summed E-state index contributed by atoms with van der Waals surface area (Å²) < 4.78 is 16.1. The fourth-order valence-corrected chi connectivity index (χ4v) is 2.76. The van der Waals surface area contributed by atoms with E-state index in [1.807, 2.05) is 0 Å². The van der Waals surface area contributed by atoms with Gasteiger partial charge in [-0.3, -0.25) is 0 Å². The van der Waals surface area contributed by atoms with Crippen LogP contribution in [0.3, 0.4) is 0 Å².